The number of carbonyl (C=O) groups excluding carboxylic acids is 1. The Balaban J connectivity index is 2.26. The number of hydrogen-bond donors (Lipinski definition) is 0. The third-order valence-corrected chi connectivity index (χ3v) is 5.64. The zero-order valence-corrected chi connectivity index (χ0v) is 13.8. The van der Waals surface area contributed by atoms with Gasteiger partial charge in [-0.15, -0.1) is 0 Å². The van der Waals surface area contributed by atoms with Gasteiger partial charge in [0.05, 0.1) is 14.1 Å². The van der Waals surface area contributed by atoms with Gasteiger partial charge in [0.25, 0.3) is 0 Å². The summed E-state index contributed by atoms with van der Waals surface area (Å²) in [6.07, 6.45) is 0.203. The highest BCUT2D eigenvalue weighted by Crippen LogP contribution is 2.33. The summed E-state index contributed by atoms with van der Waals surface area (Å²) in [5.74, 6) is -0.303. The maximum Gasteiger partial charge on any atom is 0.304 e. The van der Waals surface area contributed by atoms with Crippen molar-refractivity contribution in [3.8, 4) is 0 Å². The van der Waals surface area contributed by atoms with Crippen LogP contribution in [0, 0.1) is 0 Å². The van der Waals surface area contributed by atoms with Crippen molar-refractivity contribution >= 4 is 19.2 Å². The first-order chi connectivity index (χ1) is 9.29. The fraction of sp³-hybridized carbons (Fsp3) is 0.533. The van der Waals surface area contributed by atoms with E-state index in [9.17, 15) is 4.79 Å². The van der Waals surface area contributed by atoms with Crippen LogP contribution in [0.4, 0.5) is 0 Å². The Morgan fingerprint density at radius 2 is 2.00 bits per heavy atom. The fourth-order valence-corrected chi connectivity index (χ4v) is 4.39. The third-order valence-electron chi connectivity index (χ3n) is 3.56. The molecule has 1 aliphatic heterocycles. The minimum Gasteiger partial charge on any atom is -0.434 e. The summed E-state index contributed by atoms with van der Waals surface area (Å²) in [6.45, 7) is 8.42. The van der Waals surface area contributed by atoms with Crippen molar-refractivity contribution in [2.45, 2.75) is 45.3 Å². The Kier molecular flexibility index (Phi) is 4.32. The number of rotatable bonds is 3. The molecule has 1 heterocycles. The molecule has 0 unspecified atom stereocenters. The maximum atomic E-state index is 11.1. The van der Waals surface area contributed by atoms with Crippen molar-refractivity contribution in [2.75, 3.05) is 7.05 Å². The second-order valence-electron chi connectivity index (χ2n) is 6.28. The Morgan fingerprint density at radius 3 is 2.60 bits per heavy atom. The molecular weight excluding hydrogens is 270 g/mol. The number of nitrogens with zero attached hydrogens (tertiary/aromatic N) is 1. The fourth-order valence-electron chi connectivity index (χ4n) is 2.68. The second-order valence-corrected chi connectivity index (χ2v) is 11.3. The molecular formula is C15H23NO3Si. The van der Waals surface area contributed by atoms with Crippen LogP contribution in [0.1, 0.15) is 24.9 Å². The van der Waals surface area contributed by atoms with E-state index in [4.69, 9.17) is 9.57 Å². The molecule has 1 aromatic carbocycles. The molecule has 1 aliphatic rings. The van der Waals surface area contributed by atoms with Gasteiger partial charge in [-0.05, 0) is 5.56 Å². The molecule has 0 amide bonds. The average molecular weight is 293 g/mol. The van der Waals surface area contributed by atoms with Gasteiger partial charge in [0.2, 0.25) is 6.29 Å². The number of hydroxylamine groups is 2. The number of ether oxygens (including phenoxy) is 1. The molecule has 0 spiro atoms. The minimum absolute atomic E-state index is 0.141. The molecule has 110 valence electrons. The van der Waals surface area contributed by atoms with Crippen LogP contribution in [-0.4, -0.2) is 32.4 Å². The molecule has 2 rings (SSSR count). The van der Waals surface area contributed by atoms with Gasteiger partial charge in [0, 0.05) is 20.4 Å². The summed E-state index contributed by atoms with van der Waals surface area (Å²) in [4.78, 5) is 16.7. The molecule has 5 heteroatoms. The van der Waals surface area contributed by atoms with Crippen molar-refractivity contribution in [2.24, 2.45) is 0 Å². The second kappa shape index (κ2) is 5.67. The van der Waals surface area contributed by atoms with Crippen LogP contribution in [0.2, 0.25) is 19.6 Å². The van der Waals surface area contributed by atoms with E-state index in [0.29, 0.717) is 6.42 Å². The van der Waals surface area contributed by atoms with E-state index in [-0.39, 0.29) is 12.0 Å². The maximum absolute atomic E-state index is 11.1. The molecule has 0 bridgehead atoms. The van der Waals surface area contributed by atoms with Crippen LogP contribution < -0.4 is 5.19 Å². The lowest BCUT2D eigenvalue weighted by molar-refractivity contribution is -0.225. The van der Waals surface area contributed by atoms with Gasteiger partial charge in [-0.3, -0.25) is 9.63 Å². The van der Waals surface area contributed by atoms with Crippen LogP contribution in [0.25, 0.3) is 0 Å². The van der Waals surface area contributed by atoms with Crippen LogP contribution in [0.5, 0.6) is 0 Å². The molecule has 2 atom stereocenters. The van der Waals surface area contributed by atoms with Gasteiger partial charge in [0.15, 0.2) is 0 Å². The monoisotopic (exact) mass is 293 g/mol. The van der Waals surface area contributed by atoms with Gasteiger partial charge in [0.1, 0.15) is 0 Å². The number of hydrogen-bond acceptors (Lipinski definition) is 4. The molecule has 1 fully saturated rings. The van der Waals surface area contributed by atoms with E-state index in [0.717, 1.165) is 0 Å². The molecule has 20 heavy (non-hydrogen) atoms. The standard InChI is InChI=1S/C15H23NO3Si/c1-11(17)18-15-10-13(16(2)19-15)12-8-6-7-9-14(12)20(3,4)5/h6-9,13,15H,10H2,1-5H3/t13-,15-/m0/s1. The van der Waals surface area contributed by atoms with Crippen molar-refractivity contribution in [1.82, 2.24) is 5.06 Å². The third kappa shape index (κ3) is 3.28. The molecule has 0 radical (unpaired) electrons. The number of esters is 1. The summed E-state index contributed by atoms with van der Waals surface area (Å²) < 4.78 is 5.17. The SMILES string of the molecule is CC(=O)O[C@@H]1C[C@@H](c2ccccc2[Si](C)(C)C)N(C)O1. The zero-order chi connectivity index (χ0) is 14.9. The Labute approximate surface area is 121 Å². The van der Waals surface area contributed by atoms with Gasteiger partial charge in [-0.1, -0.05) is 49.1 Å². The molecule has 0 saturated carbocycles. The Bertz CT molecular complexity index is 498. The van der Waals surface area contributed by atoms with Crippen molar-refractivity contribution in [3.05, 3.63) is 29.8 Å². The van der Waals surface area contributed by atoms with Crippen LogP contribution >= 0.6 is 0 Å². The van der Waals surface area contributed by atoms with E-state index in [1.54, 1.807) is 0 Å². The largest absolute Gasteiger partial charge is 0.434 e. The van der Waals surface area contributed by atoms with E-state index in [2.05, 4.69) is 43.9 Å². The topological polar surface area (TPSA) is 38.8 Å². The minimum atomic E-state index is -1.42. The molecule has 1 saturated heterocycles. The molecule has 0 aromatic heterocycles. The summed E-state index contributed by atoms with van der Waals surface area (Å²) in [5.41, 5.74) is 1.30. The van der Waals surface area contributed by atoms with Gasteiger partial charge < -0.3 is 4.74 Å². The Morgan fingerprint density at radius 1 is 1.35 bits per heavy atom. The van der Waals surface area contributed by atoms with Crippen LogP contribution in [0.3, 0.4) is 0 Å². The molecule has 0 N–H and O–H groups in total. The highest BCUT2D eigenvalue weighted by atomic mass is 28.3. The predicted molar refractivity (Wildman–Crippen MR) is 81.2 cm³/mol. The lowest BCUT2D eigenvalue weighted by Gasteiger charge is -2.26. The zero-order valence-electron chi connectivity index (χ0n) is 12.8. The normalized spacial score (nSPS) is 23.9. The van der Waals surface area contributed by atoms with E-state index < -0.39 is 14.4 Å². The number of benzene rings is 1. The quantitative estimate of drug-likeness (QED) is 0.634. The summed E-state index contributed by atoms with van der Waals surface area (Å²) in [7, 11) is 0.479. The lowest BCUT2D eigenvalue weighted by Crippen LogP contribution is -2.41. The summed E-state index contributed by atoms with van der Waals surface area (Å²) >= 11 is 0. The molecule has 0 aliphatic carbocycles. The lowest BCUT2D eigenvalue weighted by atomic mass is 10.0. The molecule has 4 nitrogen and oxygen atoms in total. The average Bonchev–Trinajstić information content (AvgIpc) is 2.68. The van der Waals surface area contributed by atoms with E-state index in [1.807, 2.05) is 12.1 Å². The molecule has 1 aromatic rings. The smallest absolute Gasteiger partial charge is 0.304 e. The van der Waals surface area contributed by atoms with Crippen LogP contribution in [0.15, 0.2) is 24.3 Å². The predicted octanol–water partition coefficient (Wildman–Crippen LogP) is 2.43. The van der Waals surface area contributed by atoms with E-state index in [1.165, 1.54) is 17.7 Å². The summed E-state index contributed by atoms with van der Waals surface area (Å²) in [5, 5.41) is 3.25. The highest BCUT2D eigenvalue weighted by molar-refractivity contribution is 6.89. The van der Waals surface area contributed by atoms with Crippen molar-refractivity contribution in [3.63, 3.8) is 0 Å². The van der Waals surface area contributed by atoms with Gasteiger partial charge in [-0.25, -0.2) is 0 Å². The van der Waals surface area contributed by atoms with Crippen molar-refractivity contribution < 1.29 is 14.4 Å². The number of carbonyl (C=O) groups is 1. The van der Waals surface area contributed by atoms with Gasteiger partial charge in [-0.2, -0.15) is 5.06 Å². The first-order valence-corrected chi connectivity index (χ1v) is 10.5. The first-order valence-electron chi connectivity index (χ1n) is 6.95. The van der Waals surface area contributed by atoms with Crippen LogP contribution in [-0.2, 0) is 14.4 Å². The Hall–Kier alpha value is -1.17. The van der Waals surface area contributed by atoms with Crippen molar-refractivity contribution in [1.29, 1.82) is 0 Å². The van der Waals surface area contributed by atoms with Gasteiger partial charge >= 0.3 is 5.97 Å². The summed E-state index contributed by atoms with van der Waals surface area (Å²) in [6, 6.07) is 8.67. The first kappa shape index (κ1) is 15.2. The van der Waals surface area contributed by atoms with E-state index >= 15 is 0 Å². The highest BCUT2D eigenvalue weighted by Gasteiger charge is 2.36.